The standard InChI is InChI=1S/C33H34N2O6S.C29H26Br2O4S.C2H5NO.2CH4/c1-23-7-8-24(19-30(23)34(4)21-36)33(2,3)25-9-18-32(31(20-25)35(5)22-37)41-27-12-16-29(17-13-27)42(38,39)28-14-10-26(40-6)11-15-28;1-19-5-6-20(17-26(19)30)29(2,3)21-7-16-28(27(31)18-21)35-23-10-14-25(15-11-23)36(32,33)24-12-8-22(34-4)9-13-24;1-3-2-4;;/h7-22H,1-6H3;5-18H,1-4H3;2H,1H3,(H,3,4);2*1H4. The Morgan fingerprint density at radius 3 is 1.11 bits per heavy atom. The molecule has 0 aliphatic rings. The highest BCUT2D eigenvalue weighted by molar-refractivity contribution is 9.10. The quantitative estimate of drug-likeness (QED) is 0.0763. The molecule has 0 unspecified atom stereocenters. The summed E-state index contributed by atoms with van der Waals surface area (Å²) >= 11 is 7.28. The molecule has 0 atom stereocenters. The first-order valence-electron chi connectivity index (χ1n) is 25.5. The maximum absolute atomic E-state index is 13.1. The molecule has 8 aromatic carbocycles. The number of nitrogens with zero attached hydrogens (tertiary/aromatic N) is 2. The van der Waals surface area contributed by atoms with Crippen molar-refractivity contribution in [1.82, 2.24) is 5.32 Å². The highest BCUT2D eigenvalue weighted by atomic mass is 79.9. The fraction of sp³-hybridized carbons (Fsp3) is 0.227. The zero-order valence-corrected chi connectivity index (χ0v) is 52.2. The van der Waals surface area contributed by atoms with E-state index in [-0.39, 0.29) is 39.9 Å². The molecule has 3 amide bonds. The van der Waals surface area contributed by atoms with Crippen LogP contribution in [0.3, 0.4) is 0 Å². The molecular formula is C66H73Br2N3O11S2. The first-order valence-corrected chi connectivity index (χ1v) is 30.0. The van der Waals surface area contributed by atoms with Gasteiger partial charge in [-0.3, -0.25) is 14.4 Å². The lowest BCUT2D eigenvalue weighted by Gasteiger charge is -2.29. The van der Waals surface area contributed by atoms with E-state index in [1.165, 1.54) is 66.6 Å². The average molecular weight is 1310 g/mol. The number of benzene rings is 8. The van der Waals surface area contributed by atoms with Crippen LogP contribution < -0.4 is 34.1 Å². The number of carbonyl (C=O) groups is 3. The van der Waals surface area contributed by atoms with Crippen molar-refractivity contribution in [2.75, 3.05) is 45.2 Å². The van der Waals surface area contributed by atoms with E-state index < -0.39 is 25.1 Å². The van der Waals surface area contributed by atoms with E-state index in [0.717, 1.165) is 43.3 Å². The summed E-state index contributed by atoms with van der Waals surface area (Å²) in [6.07, 6.45) is 2.11. The van der Waals surface area contributed by atoms with Gasteiger partial charge in [0.1, 0.15) is 28.7 Å². The molecule has 0 aromatic heterocycles. The molecule has 18 heteroatoms. The molecule has 444 valence electrons. The average Bonchev–Trinajstić information content (AvgIpc) is 3.50. The zero-order chi connectivity index (χ0) is 60.2. The minimum absolute atomic E-state index is 0. The Kier molecular flexibility index (Phi) is 24.3. The van der Waals surface area contributed by atoms with Gasteiger partial charge in [0.25, 0.3) is 0 Å². The lowest BCUT2D eigenvalue weighted by molar-refractivity contribution is -0.109. The van der Waals surface area contributed by atoms with E-state index in [9.17, 15) is 26.4 Å². The predicted molar refractivity (Wildman–Crippen MR) is 342 cm³/mol. The van der Waals surface area contributed by atoms with Crippen molar-refractivity contribution in [2.45, 2.75) is 86.8 Å². The minimum Gasteiger partial charge on any atom is -0.497 e. The van der Waals surface area contributed by atoms with Gasteiger partial charge in [-0.15, -0.1) is 0 Å². The highest BCUT2D eigenvalue weighted by Gasteiger charge is 2.28. The van der Waals surface area contributed by atoms with Crippen LogP contribution in [0.1, 0.15) is 75.9 Å². The monoisotopic (exact) mass is 1310 g/mol. The number of hydrogen-bond acceptors (Lipinski definition) is 11. The van der Waals surface area contributed by atoms with Crippen LogP contribution in [0.25, 0.3) is 0 Å². The molecule has 0 bridgehead atoms. The number of carbonyl (C=O) groups excluding carboxylic acids is 3. The molecule has 0 saturated carbocycles. The van der Waals surface area contributed by atoms with E-state index in [1.807, 2.05) is 43.3 Å². The molecule has 1 N–H and O–H groups in total. The van der Waals surface area contributed by atoms with Crippen LogP contribution in [-0.2, 0) is 44.9 Å². The predicted octanol–water partition coefficient (Wildman–Crippen LogP) is 15.3. The molecule has 0 spiro atoms. The number of rotatable bonds is 19. The van der Waals surface area contributed by atoms with Crippen LogP contribution in [0.5, 0.6) is 34.5 Å². The Hall–Kier alpha value is -7.77. The van der Waals surface area contributed by atoms with Gasteiger partial charge in [0.05, 0.1) is 44.0 Å². The van der Waals surface area contributed by atoms with Crippen molar-refractivity contribution < 1.29 is 50.2 Å². The summed E-state index contributed by atoms with van der Waals surface area (Å²) in [5.74, 6) is 3.20. The molecule has 0 radical (unpaired) electrons. The molecule has 8 rings (SSSR count). The molecule has 0 heterocycles. The van der Waals surface area contributed by atoms with Crippen molar-refractivity contribution in [2.24, 2.45) is 0 Å². The Labute approximate surface area is 512 Å². The van der Waals surface area contributed by atoms with E-state index in [2.05, 4.69) is 102 Å². The fourth-order valence-electron chi connectivity index (χ4n) is 8.46. The second kappa shape index (κ2) is 29.7. The van der Waals surface area contributed by atoms with Crippen LogP contribution in [0.4, 0.5) is 11.4 Å². The summed E-state index contributed by atoms with van der Waals surface area (Å²) in [5.41, 5.74) is 7.13. The summed E-state index contributed by atoms with van der Waals surface area (Å²) < 4.78 is 76.4. The third-order valence-corrected chi connectivity index (χ3v) is 18.9. The van der Waals surface area contributed by atoms with Gasteiger partial charge in [-0.2, -0.15) is 0 Å². The highest BCUT2D eigenvalue weighted by Crippen LogP contribution is 2.42. The Morgan fingerprint density at radius 2 is 0.750 bits per heavy atom. The van der Waals surface area contributed by atoms with Gasteiger partial charge in [0.15, 0.2) is 5.75 Å². The van der Waals surface area contributed by atoms with Gasteiger partial charge in [0, 0.05) is 42.1 Å². The number of halogens is 2. The lowest BCUT2D eigenvalue weighted by atomic mass is 9.77. The van der Waals surface area contributed by atoms with Crippen molar-refractivity contribution in [3.05, 3.63) is 212 Å². The van der Waals surface area contributed by atoms with Gasteiger partial charge >= 0.3 is 0 Å². The van der Waals surface area contributed by atoms with Crippen LogP contribution in [0.2, 0.25) is 0 Å². The SMILES string of the molecule is C.C.CNC=O.COc1ccc(S(=O)(=O)c2ccc(Oc3ccc(C(C)(C)c4ccc(C)c(Br)c4)cc3Br)cc2)cc1.COc1ccc(S(=O)(=O)c2ccc(Oc3ccc(C(C)(C)c4ccc(C)c(N(C)C=O)c4)cc3N(C)C=O)cc2)cc1. The third-order valence-electron chi connectivity index (χ3n) is 13.8. The van der Waals surface area contributed by atoms with Crippen molar-refractivity contribution >= 4 is 82.1 Å². The van der Waals surface area contributed by atoms with E-state index >= 15 is 0 Å². The molecular weight excluding hydrogens is 1230 g/mol. The lowest BCUT2D eigenvalue weighted by Crippen LogP contribution is -2.22. The summed E-state index contributed by atoms with van der Waals surface area (Å²) in [6, 6.07) is 49.2. The molecule has 8 aromatic rings. The largest absolute Gasteiger partial charge is 0.497 e. The van der Waals surface area contributed by atoms with Gasteiger partial charge in [-0.25, -0.2) is 16.8 Å². The van der Waals surface area contributed by atoms with E-state index in [4.69, 9.17) is 23.7 Å². The van der Waals surface area contributed by atoms with Gasteiger partial charge in [-0.05, 0) is 197 Å². The van der Waals surface area contributed by atoms with Crippen LogP contribution in [0.15, 0.2) is 198 Å². The molecule has 0 aliphatic carbocycles. The number of hydrogen-bond donors (Lipinski definition) is 1. The number of sulfone groups is 2. The summed E-state index contributed by atoms with van der Waals surface area (Å²) in [5, 5.41) is 2.25. The van der Waals surface area contributed by atoms with Crippen LogP contribution in [0, 0.1) is 13.8 Å². The topological polar surface area (TPSA) is 175 Å². The van der Waals surface area contributed by atoms with Crippen molar-refractivity contribution in [3.63, 3.8) is 0 Å². The fourth-order valence-corrected chi connectivity index (χ4v) is 11.8. The molecule has 14 nitrogen and oxygen atoms in total. The van der Waals surface area contributed by atoms with Gasteiger partial charge in [-0.1, -0.05) is 94.9 Å². The Balaban J connectivity index is 0.000000334. The third kappa shape index (κ3) is 16.1. The maximum atomic E-state index is 13.1. The number of ether oxygens (including phenoxy) is 4. The second-order valence-electron chi connectivity index (χ2n) is 19.9. The number of anilines is 2. The van der Waals surface area contributed by atoms with E-state index in [0.29, 0.717) is 53.0 Å². The first kappa shape index (κ1) is 68.7. The number of nitrogens with one attached hydrogen (secondary N) is 1. The smallest absolute Gasteiger partial charge is 0.213 e. The summed E-state index contributed by atoms with van der Waals surface area (Å²) in [6.45, 7) is 12.6. The summed E-state index contributed by atoms with van der Waals surface area (Å²) in [4.78, 5) is 36.0. The number of aryl methyl sites for hydroxylation is 2. The molecule has 0 saturated heterocycles. The van der Waals surface area contributed by atoms with Crippen molar-refractivity contribution in [1.29, 1.82) is 0 Å². The zero-order valence-electron chi connectivity index (χ0n) is 47.4. The molecule has 84 heavy (non-hydrogen) atoms. The summed E-state index contributed by atoms with van der Waals surface area (Å²) in [7, 11) is 0.609. The van der Waals surface area contributed by atoms with Crippen LogP contribution >= 0.6 is 31.9 Å². The molecule has 0 fully saturated rings. The van der Waals surface area contributed by atoms with Gasteiger partial charge in [0.2, 0.25) is 38.9 Å². The maximum Gasteiger partial charge on any atom is 0.213 e. The van der Waals surface area contributed by atoms with E-state index in [1.54, 1.807) is 92.8 Å². The van der Waals surface area contributed by atoms with Gasteiger partial charge < -0.3 is 34.1 Å². The Bertz CT molecular complexity index is 3770. The number of amides is 3. The van der Waals surface area contributed by atoms with Crippen LogP contribution in [-0.4, -0.2) is 71.4 Å². The Morgan fingerprint density at radius 1 is 0.440 bits per heavy atom. The van der Waals surface area contributed by atoms with Crippen molar-refractivity contribution in [3.8, 4) is 34.5 Å². The number of methoxy groups -OCH3 is 2. The minimum atomic E-state index is -3.73. The normalized spacial score (nSPS) is 11.1. The first-order chi connectivity index (χ1) is 38.8. The molecule has 0 aliphatic heterocycles. The second-order valence-corrected chi connectivity index (χ2v) is 25.5.